The van der Waals surface area contributed by atoms with Gasteiger partial charge in [-0.25, -0.2) is 4.39 Å². The van der Waals surface area contributed by atoms with Gasteiger partial charge in [0.2, 0.25) is 0 Å². The monoisotopic (exact) mass is 315 g/mol. The maximum Gasteiger partial charge on any atom is 0.267 e. The minimum absolute atomic E-state index is 0.150. The van der Waals surface area contributed by atoms with E-state index < -0.39 is 5.82 Å². The van der Waals surface area contributed by atoms with Crippen LogP contribution in [0.5, 0.6) is 0 Å². The minimum Gasteiger partial charge on any atom is -0.349 e. The summed E-state index contributed by atoms with van der Waals surface area (Å²) in [4.78, 5) is 19.4. The highest BCUT2D eigenvalue weighted by molar-refractivity contribution is 5.98. The summed E-state index contributed by atoms with van der Waals surface area (Å²) in [6, 6.07) is 1.79. The van der Waals surface area contributed by atoms with Gasteiger partial charge in [0.05, 0.1) is 17.9 Å². The molecule has 23 heavy (non-hydrogen) atoms. The van der Waals surface area contributed by atoms with Crippen LogP contribution in [0, 0.1) is 29.0 Å². The fraction of sp³-hybridized carbons (Fsp3) is 0.556. The molecule has 1 unspecified atom stereocenters. The molecule has 2 aliphatic rings. The molecule has 2 N–H and O–H groups in total. The molecular weight excluding hydrogens is 293 g/mol. The van der Waals surface area contributed by atoms with Crippen molar-refractivity contribution in [2.24, 2.45) is 23.2 Å². The van der Waals surface area contributed by atoms with Gasteiger partial charge >= 0.3 is 0 Å². The Hall–Kier alpha value is -1.91. The predicted molar refractivity (Wildman–Crippen MR) is 86.5 cm³/mol. The van der Waals surface area contributed by atoms with Gasteiger partial charge in [-0.2, -0.15) is 0 Å². The van der Waals surface area contributed by atoms with Crippen LogP contribution in [-0.4, -0.2) is 21.9 Å². The van der Waals surface area contributed by atoms with Crippen LogP contribution in [0.1, 0.15) is 44.1 Å². The number of nitrogens with zero attached hydrogens (tertiary/aromatic N) is 1. The number of hydrogen-bond donors (Lipinski definition) is 2. The Labute approximate surface area is 134 Å². The first kappa shape index (κ1) is 14.7. The second-order valence-electron chi connectivity index (χ2n) is 7.92. The number of fused-ring (bicyclic) bond motifs is 3. The quantitative estimate of drug-likeness (QED) is 0.891. The van der Waals surface area contributed by atoms with Crippen LogP contribution in [0.25, 0.3) is 10.9 Å². The van der Waals surface area contributed by atoms with Gasteiger partial charge in [-0.3, -0.25) is 9.78 Å². The van der Waals surface area contributed by atoms with E-state index in [1.54, 1.807) is 6.07 Å². The predicted octanol–water partition coefficient (Wildman–Crippen LogP) is 3.50. The van der Waals surface area contributed by atoms with E-state index in [0.29, 0.717) is 39.8 Å². The Morgan fingerprint density at radius 2 is 2.22 bits per heavy atom. The topological polar surface area (TPSA) is 57.8 Å². The van der Waals surface area contributed by atoms with Crippen LogP contribution in [0.4, 0.5) is 4.39 Å². The molecule has 2 heterocycles. The summed E-state index contributed by atoms with van der Waals surface area (Å²) in [5.41, 5.74) is 1.33. The maximum atomic E-state index is 13.7. The fourth-order valence-electron chi connectivity index (χ4n) is 5.05. The zero-order valence-corrected chi connectivity index (χ0v) is 13.7. The highest BCUT2D eigenvalue weighted by Gasteiger charge is 2.54. The van der Waals surface area contributed by atoms with Crippen molar-refractivity contribution in [2.75, 3.05) is 0 Å². The van der Waals surface area contributed by atoms with E-state index in [1.807, 2.05) is 0 Å². The number of nitrogens with one attached hydrogen (secondary N) is 2. The molecule has 4 atom stereocenters. The van der Waals surface area contributed by atoms with Gasteiger partial charge in [0.25, 0.3) is 5.91 Å². The standard InChI is InChI=1S/C18H22FN3O/c1-9-12-4-10(6-18(12,2)3)16(9)22-17(23)14-5-11-13(19)7-20-8-15(11)21-14/h5,7-10,12,16,21H,4,6H2,1-3H3,(H,22,23)/t9-,10?,12-,16+/m0/s1. The van der Waals surface area contributed by atoms with Gasteiger partial charge in [-0.05, 0) is 42.1 Å². The average molecular weight is 315 g/mol. The summed E-state index contributed by atoms with van der Waals surface area (Å²) < 4.78 is 13.7. The third-order valence-corrected chi connectivity index (χ3v) is 6.10. The highest BCUT2D eigenvalue weighted by atomic mass is 19.1. The van der Waals surface area contributed by atoms with Crippen LogP contribution in [0.3, 0.4) is 0 Å². The van der Waals surface area contributed by atoms with Crippen LogP contribution in [0.2, 0.25) is 0 Å². The van der Waals surface area contributed by atoms with E-state index in [9.17, 15) is 9.18 Å². The molecule has 2 aromatic rings. The van der Waals surface area contributed by atoms with E-state index in [4.69, 9.17) is 0 Å². The van der Waals surface area contributed by atoms with E-state index in [1.165, 1.54) is 12.6 Å². The van der Waals surface area contributed by atoms with Gasteiger partial charge in [0.15, 0.2) is 5.82 Å². The number of H-pyrrole nitrogens is 1. The molecule has 2 bridgehead atoms. The van der Waals surface area contributed by atoms with Crippen molar-refractivity contribution in [3.63, 3.8) is 0 Å². The molecule has 4 nitrogen and oxygen atoms in total. The number of halogens is 1. The van der Waals surface area contributed by atoms with E-state index >= 15 is 0 Å². The zero-order chi connectivity index (χ0) is 16.4. The number of pyridine rings is 1. The normalized spacial score (nSPS) is 31.7. The van der Waals surface area contributed by atoms with Crippen molar-refractivity contribution < 1.29 is 9.18 Å². The second kappa shape index (κ2) is 4.79. The minimum atomic E-state index is -0.409. The molecule has 0 radical (unpaired) electrons. The second-order valence-corrected chi connectivity index (χ2v) is 7.92. The number of aromatic amines is 1. The highest BCUT2D eigenvalue weighted by Crippen LogP contribution is 2.58. The van der Waals surface area contributed by atoms with Gasteiger partial charge in [-0.1, -0.05) is 20.8 Å². The molecule has 0 aliphatic heterocycles. The lowest BCUT2D eigenvalue weighted by atomic mass is 9.70. The summed E-state index contributed by atoms with van der Waals surface area (Å²) in [6.07, 6.45) is 5.07. The lowest BCUT2D eigenvalue weighted by Gasteiger charge is -2.39. The third kappa shape index (κ3) is 2.17. The van der Waals surface area contributed by atoms with Crippen LogP contribution in [0.15, 0.2) is 18.5 Å². The number of carbonyl (C=O) groups excluding carboxylic acids is 1. The first-order valence-electron chi connectivity index (χ1n) is 8.30. The summed E-state index contributed by atoms with van der Waals surface area (Å²) in [5.74, 6) is 1.14. The number of rotatable bonds is 2. The van der Waals surface area contributed by atoms with Gasteiger partial charge in [0.1, 0.15) is 5.69 Å². The fourth-order valence-corrected chi connectivity index (χ4v) is 5.05. The summed E-state index contributed by atoms with van der Waals surface area (Å²) in [5, 5.41) is 3.59. The first-order valence-corrected chi connectivity index (χ1v) is 8.30. The molecular formula is C18H22FN3O. The number of carbonyl (C=O) groups is 1. The number of hydrogen-bond acceptors (Lipinski definition) is 2. The molecule has 122 valence electrons. The molecule has 0 spiro atoms. The summed E-state index contributed by atoms with van der Waals surface area (Å²) >= 11 is 0. The maximum absolute atomic E-state index is 13.7. The Bertz CT molecular complexity index is 780. The Morgan fingerprint density at radius 3 is 2.87 bits per heavy atom. The lowest BCUT2D eigenvalue weighted by Crippen LogP contribution is -2.46. The van der Waals surface area contributed by atoms with Gasteiger partial charge < -0.3 is 10.3 Å². The van der Waals surface area contributed by atoms with E-state index in [0.717, 1.165) is 12.6 Å². The average Bonchev–Trinajstić information content (AvgIpc) is 3.12. The van der Waals surface area contributed by atoms with Gasteiger partial charge in [0, 0.05) is 11.4 Å². The summed E-state index contributed by atoms with van der Waals surface area (Å²) in [6.45, 7) is 6.91. The van der Waals surface area contributed by atoms with Gasteiger partial charge in [-0.15, -0.1) is 0 Å². The first-order chi connectivity index (χ1) is 10.9. The van der Waals surface area contributed by atoms with E-state index in [2.05, 4.69) is 36.1 Å². The number of amides is 1. The van der Waals surface area contributed by atoms with Crippen molar-refractivity contribution in [1.29, 1.82) is 0 Å². The molecule has 5 heteroatoms. The molecule has 2 fully saturated rings. The molecule has 0 aromatic carbocycles. The van der Waals surface area contributed by atoms with Crippen molar-refractivity contribution >= 4 is 16.8 Å². The zero-order valence-electron chi connectivity index (χ0n) is 13.7. The SMILES string of the molecule is C[C@@H]1[C@@H](NC(=O)c2cc3c(F)cncc3[nH]2)C2C[C@@H]1C(C)(C)C2. The third-order valence-electron chi connectivity index (χ3n) is 6.10. The van der Waals surface area contributed by atoms with Crippen LogP contribution >= 0.6 is 0 Å². The molecule has 4 rings (SSSR count). The van der Waals surface area contributed by atoms with Crippen molar-refractivity contribution in [3.05, 3.63) is 30.0 Å². The Kier molecular flexibility index (Phi) is 3.06. The van der Waals surface area contributed by atoms with Crippen LogP contribution in [-0.2, 0) is 0 Å². The molecule has 1 amide bonds. The number of aromatic nitrogens is 2. The van der Waals surface area contributed by atoms with Crippen molar-refractivity contribution in [1.82, 2.24) is 15.3 Å². The van der Waals surface area contributed by atoms with Crippen molar-refractivity contribution in [2.45, 2.75) is 39.7 Å². The Balaban J connectivity index is 1.55. The van der Waals surface area contributed by atoms with Crippen LogP contribution < -0.4 is 5.32 Å². The smallest absolute Gasteiger partial charge is 0.267 e. The Morgan fingerprint density at radius 1 is 1.43 bits per heavy atom. The molecule has 2 saturated carbocycles. The molecule has 2 aromatic heterocycles. The van der Waals surface area contributed by atoms with Crippen molar-refractivity contribution in [3.8, 4) is 0 Å². The molecule has 0 saturated heterocycles. The lowest BCUT2D eigenvalue weighted by molar-refractivity contribution is 0.0832. The largest absolute Gasteiger partial charge is 0.349 e. The van der Waals surface area contributed by atoms with E-state index in [-0.39, 0.29) is 11.9 Å². The molecule has 2 aliphatic carbocycles. The summed E-state index contributed by atoms with van der Waals surface area (Å²) in [7, 11) is 0.